The number of hydrogen-bond donors (Lipinski definition) is 1. The van der Waals surface area contributed by atoms with Crippen LogP contribution in [0.25, 0.3) is 20.9 Å². The van der Waals surface area contributed by atoms with Gasteiger partial charge in [-0.3, -0.25) is 14.9 Å². The van der Waals surface area contributed by atoms with Crippen LogP contribution in [0.5, 0.6) is 0 Å². The quantitative estimate of drug-likeness (QED) is 0.398. The summed E-state index contributed by atoms with van der Waals surface area (Å²) in [5.74, 6) is -0.521. The second-order valence-corrected chi connectivity index (χ2v) is 7.08. The summed E-state index contributed by atoms with van der Waals surface area (Å²) in [6.07, 6.45) is 1.73. The Morgan fingerprint density at radius 1 is 1.14 bits per heavy atom. The standard InChI is InChI=1S/C20H14N4O3S/c1-12-11-13(19-23-16-6-4-10-21-20(16)28-19)8-9-15(12)22-18(25)14-5-2-3-7-17(14)24(26)27/h2-11H,1H3,(H,22,25). The number of nitrogens with zero attached hydrogens (tertiary/aromatic N) is 3. The Bertz CT molecular complexity index is 1190. The number of carbonyl (C=O) groups is 1. The molecule has 0 unspecified atom stereocenters. The zero-order valence-electron chi connectivity index (χ0n) is 14.7. The van der Waals surface area contributed by atoms with Gasteiger partial charge in [0.1, 0.15) is 20.9 Å². The van der Waals surface area contributed by atoms with E-state index in [-0.39, 0.29) is 11.3 Å². The third-order valence-corrected chi connectivity index (χ3v) is 5.26. The lowest BCUT2D eigenvalue weighted by molar-refractivity contribution is -0.385. The van der Waals surface area contributed by atoms with E-state index in [0.717, 1.165) is 26.5 Å². The van der Waals surface area contributed by atoms with Crippen LogP contribution in [0, 0.1) is 17.0 Å². The average Bonchev–Trinajstić information content (AvgIpc) is 3.13. The molecule has 0 saturated heterocycles. The van der Waals surface area contributed by atoms with E-state index in [1.165, 1.54) is 29.5 Å². The maximum Gasteiger partial charge on any atom is 0.282 e. The predicted molar refractivity (Wildman–Crippen MR) is 109 cm³/mol. The van der Waals surface area contributed by atoms with Gasteiger partial charge in [-0.05, 0) is 48.9 Å². The summed E-state index contributed by atoms with van der Waals surface area (Å²) in [7, 11) is 0. The summed E-state index contributed by atoms with van der Waals surface area (Å²) in [6, 6.07) is 15.2. The highest BCUT2D eigenvalue weighted by molar-refractivity contribution is 7.21. The van der Waals surface area contributed by atoms with Gasteiger partial charge in [-0.15, -0.1) is 0 Å². The predicted octanol–water partition coefficient (Wildman–Crippen LogP) is 4.83. The first-order valence-electron chi connectivity index (χ1n) is 8.40. The summed E-state index contributed by atoms with van der Waals surface area (Å²) in [6.45, 7) is 1.87. The first kappa shape index (κ1) is 17.7. The maximum absolute atomic E-state index is 12.5. The number of rotatable bonds is 4. The van der Waals surface area contributed by atoms with Gasteiger partial charge >= 0.3 is 0 Å². The number of thiazole rings is 1. The fourth-order valence-electron chi connectivity index (χ4n) is 2.84. The van der Waals surface area contributed by atoms with E-state index in [4.69, 9.17) is 0 Å². The molecule has 4 rings (SSSR count). The van der Waals surface area contributed by atoms with Gasteiger partial charge in [0, 0.05) is 23.5 Å². The molecule has 8 heteroatoms. The molecule has 0 aliphatic carbocycles. The first-order valence-corrected chi connectivity index (χ1v) is 9.22. The molecule has 4 aromatic rings. The zero-order chi connectivity index (χ0) is 19.7. The SMILES string of the molecule is Cc1cc(-c2nc3cccnc3s2)ccc1NC(=O)c1ccccc1[N+](=O)[O-]. The highest BCUT2D eigenvalue weighted by atomic mass is 32.1. The van der Waals surface area contributed by atoms with Crippen LogP contribution >= 0.6 is 11.3 Å². The third kappa shape index (κ3) is 3.33. The minimum absolute atomic E-state index is 0.0215. The molecular formula is C20H14N4O3S. The van der Waals surface area contributed by atoms with E-state index >= 15 is 0 Å². The van der Waals surface area contributed by atoms with Crippen molar-refractivity contribution in [2.24, 2.45) is 0 Å². The molecular weight excluding hydrogens is 376 g/mol. The highest BCUT2D eigenvalue weighted by Gasteiger charge is 2.20. The van der Waals surface area contributed by atoms with Crippen molar-refractivity contribution in [3.63, 3.8) is 0 Å². The molecule has 0 atom stereocenters. The number of fused-ring (bicyclic) bond motifs is 1. The molecule has 0 fully saturated rings. The largest absolute Gasteiger partial charge is 0.322 e. The molecule has 0 saturated carbocycles. The second kappa shape index (κ2) is 7.16. The van der Waals surface area contributed by atoms with Crippen molar-refractivity contribution in [3.05, 3.63) is 82.0 Å². The van der Waals surface area contributed by atoms with Crippen LogP contribution in [0.4, 0.5) is 11.4 Å². The lowest BCUT2D eigenvalue weighted by Crippen LogP contribution is -2.14. The molecule has 2 aromatic heterocycles. The van der Waals surface area contributed by atoms with Crippen LogP contribution < -0.4 is 5.32 Å². The van der Waals surface area contributed by atoms with E-state index in [9.17, 15) is 14.9 Å². The Labute approximate surface area is 163 Å². The van der Waals surface area contributed by atoms with Gasteiger partial charge in [-0.1, -0.05) is 23.5 Å². The number of nitrogens with one attached hydrogen (secondary N) is 1. The summed E-state index contributed by atoms with van der Waals surface area (Å²) in [5, 5.41) is 14.7. The Balaban J connectivity index is 1.62. The van der Waals surface area contributed by atoms with Crippen LogP contribution in [0.15, 0.2) is 60.8 Å². The van der Waals surface area contributed by atoms with Crippen molar-refractivity contribution in [2.45, 2.75) is 6.92 Å². The van der Waals surface area contributed by atoms with Crippen LogP contribution in [-0.2, 0) is 0 Å². The number of benzene rings is 2. The average molecular weight is 390 g/mol. The second-order valence-electron chi connectivity index (χ2n) is 6.10. The molecule has 2 heterocycles. The van der Waals surface area contributed by atoms with E-state index in [2.05, 4.69) is 15.3 Å². The number of carbonyl (C=O) groups excluding carboxylic acids is 1. The van der Waals surface area contributed by atoms with Gasteiger partial charge in [0.05, 0.1) is 4.92 Å². The van der Waals surface area contributed by atoms with Crippen LogP contribution in [0.2, 0.25) is 0 Å². The Morgan fingerprint density at radius 2 is 1.96 bits per heavy atom. The molecule has 28 heavy (non-hydrogen) atoms. The molecule has 0 spiro atoms. The summed E-state index contributed by atoms with van der Waals surface area (Å²) in [5.41, 5.74) is 2.98. The molecule has 2 aromatic carbocycles. The van der Waals surface area contributed by atoms with Crippen LogP contribution in [-0.4, -0.2) is 20.8 Å². The van der Waals surface area contributed by atoms with Crippen molar-refractivity contribution in [1.82, 2.24) is 9.97 Å². The van der Waals surface area contributed by atoms with Gasteiger partial charge < -0.3 is 5.32 Å². The van der Waals surface area contributed by atoms with Gasteiger partial charge in [0.25, 0.3) is 11.6 Å². The lowest BCUT2D eigenvalue weighted by Gasteiger charge is -2.10. The minimum Gasteiger partial charge on any atom is -0.322 e. The van der Waals surface area contributed by atoms with Gasteiger partial charge in [-0.25, -0.2) is 9.97 Å². The number of nitro benzene ring substituents is 1. The van der Waals surface area contributed by atoms with E-state index in [1.54, 1.807) is 18.3 Å². The van der Waals surface area contributed by atoms with Gasteiger partial charge in [0.15, 0.2) is 0 Å². The number of nitro groups is 1. The molecule has 0 radical (unpaired) electrons. The number of anilines is 1. The topological polar surface area (TPSA) is 98.0 Å². The first-order chi connectivity index (χ1) is 13.5. The van der Waals surface area contributed by atoms with E-state index in [0.29, 0.717) is 5.69 Å². The highest BCUT2D eigenvalue weighted by Crippen LogP contribution is 2.31. The molecule has 0 bridgehead atoms. The number of amides is 1. The third-order valence-electron chi connectivity index (χ3n) is 4.23. The Kier molecular flexibility index (Phi) is 4.54. The number of hydrogen-bond acceptors (Lipinski definition) is 6. The summed E-state index contributed by atoms with van der Waals surface area (Å²) < 4.78 is 0. The lowest BCUT2D eigenvalue weighted by atomic mass is 10.1. The van der Waals surface area contributed by atoms with E-state index in [1.807, 2.05) is 31.2 Å². The van der Waals surface area contributed by atoms with Crippen molar-refractivity contribution >= 4 is 39.0 Å². The summed E-state index contributed by atoms with van der Waals surface area (Å²) >= 11 is 1.50. The van der Waals surface area contributed by atoms with Crippen molar-refractivity contribution in [1.29, 1.82) is 0 Å². The minimum atomic E-state index is -0.563. The number of para-hydroxylation sites is 1. The number of aryl methyl sites for hydroxylation is 1. The summed E-state index contributed by atoms with van der Waals surface area (Å²) in [4.78, 5) is 32.9. The molecule has 1 amide bonds. The number of aromatic nitrogens is 2. The fraction of sp³-hybridized carbons (Fsp3) is 0.0500. The van der Waals surface area contributed by atoms with Crippen LogP contribution in [0.3, 0.4) is 0 Å². The Hall–Kier alpha value is -3.65. The Morgan fingerprint density at radius 3 is 2.71 bits per heavy atom. The smallest absolute Gasteiger partial charge is 0.282 e. The molecule has 0 aliphatic heterocycles. The van der Waals surface area contributed by atoms with E-state index < -0.39 is 10.8 Å². The molecule has 138 valence electrons. The normalized spacial score (nSPS) is 10.8. The van der Waals surface area contributed by atoms with Crippen molar-refractivity contribution in [2.75, 3.05) is 5.32 Å². The zero-order valence-corrected chi connectivity index (χ0v) is 15.6. The van der Waals surface area contributed by atoms with Gasteiger partial charge in [-0.2, -0.15) is 0 Å². The molecule has 1 N–H and O–H groups in total. The molecule has 0 aliphatic rings. The maximum atomic E-state index is 12.5. The van der Waals surface area contributed by atoms with Crippen LogP contribution in [0.1, 0.15) is 15.9 Å². The number of pyridine rings is 1. The monoisotopic (exact) mass is 390 g/mol. The molecule has 7 nitrogen and oxygen atoms in total. The fourth-order valence-corrected chi connectivity index (χ4v) is 3.75. The van der Waals surface area contributed by atoms with Crippen molar-refractivity contribution in [3.8, 4) is 10.6 Å². The van der Waals surface area contributed by atoms with Gasteiger partial charge in [0.2, 0.25) is 0 Å². The van der Waals surface area contributed by atoms with Crippen molar-refractivity contribution < 1.29 is 9.72 Å².